The second kappa shape index (κ2) is 38.4. The van der Waals surface area contributed by atoms with E-state index in [0.717, 1.165) is 83.5 Å². The topological polar surface area (TPSA) is 99.1 Å². The quantitative estimate of drug-likeness (QED) is 0.0290. The number of hydrogen-bond acceptors (Lipinski definition) is 6. The van der Waals surface area contributed by atoms with Gasteiger partial charge in [0.05, 0.1) is 34.4 Å². The average molecular weight is 783 g/mol. The molecule has 0 heterocycles. The number of aliphatic carboxylic acids is 1. The van der Waals surface area contributed by atoms with Gasteiger partial charge in [-0.3, -0.25) is 9.59 Å². The maximum Gasteiger partial charge on any atom is 0.362 e. The van der Waals surface area contributed by atoms with Crippen molar-refractivity contribution in [3.63, 3.8) is 0 Å². The summed E-state index contributed by atoms with van der Waals surface area (Å²) >= 11 is 0. The van der Waals surface area contributed by atoms with Crippen LogP contribution in [0.3, 0.4) is 0 Å². The van der Waals surface area contributed by atoms with Crippen molar-refractivity contribution in [1.29, 1.82) is 0 Å². The van der Waals surface area contributed by atoms with Gasteiger partial charge in [0.25, 0.3) is 0 Å². The molecule has 0 rings (SSSR count). The molecule has 0 aromatic carbocycles. The highest BCUT2D eigenvalue weighted by atomic mass is 16.6. The number of allylic oxidation sites excluding steroid dienone is 14. The van der Waals surface area contributed by atoms with Crippen molar-refractivity contribution in [2.45, 2.75) is 161 Å². The number of carbonyl (C=O) groups is 3. The van der Waals surface area contributed by atoms with E-state index in [0.29, 0.717) is 19.3 Å². The second-order valence-corrected chi connectivity index (χ2v) is 15.2. The summed E-state index contributed by atoms with van der Waals surface area (Å²) in [6.45, 7) is 4.50. The SMILES string of the molecule is CC/C=C/C/C=C/C/C=C/C/C=C/C/C=C/C/C=C/CCCCCCC(=O)OCC(COCCC(C(=O)O)[N+](C)(C)C)OC(=O)CCC/C=C/CCCCCC. The van der Waals surface area contributed by atoms with Gasteiger partial charge in [0.15, 0.2) is 12.1 Å². The van der Waals surface area contributed by atoms with Gasteiger partial charge in [-0.25, -0.2) is 4.79 Å². The van der Waals surface area contributed by atoms with Gasteiger partial charge in [-0.15, -0.1) is 0 Å². The van der Waals surface area contributed by atoms with E-state index >= 15 is 0 Å². The van der Waals surface area contributed by atoms with Crippen LogP contribution < -0.4 is 0 Å². The molecular formula is C48H80NO7+. The van der Waals surface area contributed by atoms with Crippen LogP contribution in [0.4, 0.5) is 0 Å². The Morgan fingerprint density at radius 1 is 0.554 bits per heavy atom. The molecule has 8 nitrogen and oxygen atoms in total. The first kappa shape index (κ1) is 52.5. The van der Waals surface area contributed by atoms with Gasteiger partial charge in [-0.2, -0.15) is 0 Å². The Bertz CT molecular complexity index is 1190. The van der Waals surface area contributed by atoms with E-state index < -0.39 is 18.1 Å². The van der Waals surface area contributed by atoms with Crippen LogP contribution in [0, 0.1) is 0 Å². The summed E-state index contributed by atoms with van der Waals surface area (Å²) in [5, 5.41) is 9.59. The van der Waals surface area contributed by atoms with Crippen LogP contribution in [0.5, 0.6) is 0 Å². The highest BCUT2D eigenvalue weighted by molar-refractivity contribution is 5.72. The zero-order valence-corrected chi connectivity index (χ0v) is 36.1. The smallest absolute Gasteiger partial charge is 0.362 e. The molecule has 56 heavy (non-hydrogen) atoms. The number of ether oxygens (including phenoxy) is 3. The molecule has 0 aliphatic heterocycles. The van der Waals surface area contributed by atoms with Crippen molar-refractivity contribution in [1.82, 2.24) is 0 Å². The number of rotatable bonds is 37. The third-order valence-corrected chi connectivity index (χ3v) is 9.03. The Morgan fingerprint density at radius 3 is 1.54 bits per heavy atom. The lowest BCUT2D eigenvalue weighted by atomic mass is 10.1. The molecule has 0 amide bonds. The summed E-state index contributed by atoms with van der Waals surface area (Å²) in [6, 6.07) is -0.626. The molecule has 0 saturated carbocycles. The number of carbonyl (C=O) groups excluding carboxylic acids is 2. The minimum absolute atomic E-state index is 0.0365. The van der Waals surface area contributed by atoms with Gasteiger partial charge in [-0.05, 0) is 83.5 Å². The third kappa shape index (κ3) is 36.2. The Kier molecular flexibility index (Phi) is 36.0. The molecule has 0 saturated heterocycles. The van der Waals surface area contributed by atoms with Gasteiger partial charge in [-0.1, -0.05) is 131 Å². The predicted octanol–water partition coefficient (Wildman–Crippen LogP) is 11.7. The number of hydrogen-bond donors (Lipinski definition) is 1. The van der Waals surface area contributed by atoms with Crippen molar-refractivity contribution < 1.29 is 38.2 Å². The molecular weight excluding hydrogens is 703 g/mol. The summed E-state index contributed by atoms with van der Waals surface area (Å²) in [6.07, 6.45) is 49.3. The molecule has 0 bridgehead atoms. The van der Waals surface area contributed by atoms with Crippen molar-refractivity contribution in [3.8, 4) is 0 Å². The summed E-state index contributed by atoms with van der Waals surface area (Å²) in [5.41, 5.74) is 0. The largest absolute Gasteiger partial charge is 0.477 e. The Hall–Kier alpha value is -3.49. The van der Waals surface area contributed by atoms with Gasteiger partial charge < -0.3 is 23.8 Å². The number of nitrogens with zero attached hydrogens (tertiary/aromatic N) is 1. The molecule has 0 fully saturated rings. The molecule has 0 radical (unpaired) electrons. The van der Waals surface area contributed by atoms with E-state index in [1.807, 2.05) is 21.1 Å². The highest BCUT2D eigenvalue weighted by Gasteiger charge is 2.31. The maximum atomic E-state index is 12.6. The molecule has 0 aromatic heterocycles. The summed E-state index contributed by atoms with van der Waals surface area (Å²) in [7, 11) is 5.49. The number of carboxylic acid groups (broad SMARTS) is 1. The fourth-order valence-electron chi connectivity index (χ4n) is 5.68. The molecule has 8 heteroatoms. The zero-order chi connectivity index (χ0) is 41.4. The molecule has 318 valence electrons. The standard InChI is InChI=1S/C48H79NO7/c1-6-8-10-12-14-16-17-18-19-20-21-22-23-24-25-26-27-28-29-31-32-34-36-38-46(50)55-43-44(42-54-41-40-45(48(52)53)49(3,4)5)56-47(51)39-37-35-33-30-15-13-11-9-7-2/h8,10,14,16,18-19,21-22,24-25,27-28,30,33,44-45H,6-7,9,11-13,15,17,20,23,26,29,31-32,34-43H2,1-5H3/p+1/b10-8+,16-14+,19-18+,22-21+,25-24+,28-27+,33-30+. The van der Waals surface area contributed by atoms with Gasteiger partial charge in [0, 0.05) is 19.3 Å². The number of likely N-dealkylation sites (N-methyl/N-ethyl adjacent to an activating group) is 1. The minimum Gasteiger partial charge on any atom is -0.477 e. The highest BCUT2D eigenvalue weighted by Crippen LogP contribution is 2.11. The normalized spacial score (nSPS) is 13.8. The molecule has 0 aliphatic rings. The Balaban J connectivity index is 4.34. The lowest BCUT2D eigenvalue weighted by Gasteiger charge is -2.31. The third-order valence-electron chi connectivity index (χ3n) is 9.03. The fraction of sp³-hybridized carbons (Fsp3) is 0.646. The summed E-state index contributed by atoms with van der Waals surface area (Å²) in [5.74, 6) is -1.56. The van der Waals surface area contributed by atoms with E-state index in [4.69, 9.17) is 14.2 Å². The monoisotopic (exact) mass is 783 g/mol. The van der Waals surface area contributed by atoms with E-state index in [1.165, 1.54) is 25.7 Å². The Labute approximate surface area is 342 Å². The van der Waals surface area contributed by atoms with Crippen LogP contribution >= 0.6 is 0 Å². The van der Waals surface area contributed by atoms with Crippen molar-refractivity contribution >= 4 is 17.9 Å². The molecule has 1 N–H and O–H groups in total. The van der Waals surface area contributed by atoms with E-state index in [9.17, 15) is 19.5 Å². The van der Waals surface area contributed by atoms with Gasteiger partial charge in [0.2, 0.25) is 0 Å². The van der Waals surface area contributed by atoms with E-state index in [1.54, 1.807) is 0 Å². The first-order valence-corrected chi connectivity index (χ1v) is 21.6. The van der Waals surface area contributed by atoms with Crippen LogP contribution in [0.25, 0.3) is 0 Å². The number of esters is 2. The first-order valence-electron chi connectivity index (χ1n) is 21.6. The fourth-order valence-corrected chi connectivity index (χ4v) is 5.68. The van der Waals surface area contributed by atoms with Crippen LogP contribution in [0.2, 0.25) is 0 Å². The van der Waals surface area contributed by atoms with Crippen molar-refractivity contribution in [3.05, 3.63) is 85.1 Å². The second-order valence-electron chi connectivity index (χ2n) is 15.2. The van der Waals surface area contributed by atoms with Crippen LogP contribution in [-0.2, 0) is 28.6 Å². The Morgan fingerprint density at radius 2 is 1.02 bits per heavy atom. The average Bonchev–Trinajstić information content (AvgIpc) is 3.15. The predicted molar refractivity (Wildman–Crippen MR) is 233 cm³/mol. The summed E-state index contributed by atoms with van der Waals surface area (Å²) in [4.78, 5) is 36.8. The summed E-state index contributed by atoms with van der Waals surface area (Å²) < 4.78 is 17.1. The van der Waals surface area contributed by atoms with Gasteiger partial charge in [0.1, 0.15) is 6.61 Å². The number of unbranched alkanes of at least 4 members (excludes halogenated alkanes) is 9. The molecule has 2 unspecified atom stereocenters. The lowest BCUT2D eigenvalue weighted by molar-refractivity contribution is -0.887. The van der Waals surface area contributed by atoms with Gasteiger partial charge >= 0.3 is 17.9 Å². The number of quaternary nitrogens is 1. The minimum atomic E-state index is -0.887. The van der Waals surface area contributed by atoms with E-state index in [2.05, 4.69) is 98.9 Å². The van der Waals surface area contributed by atoms with Crippen molar-refractivity contribution in [2.75, 3.05) is 41.0 Å². The van der Waals surface area contributed by atoms with Crippen molar-refractivity contribution in [2.24, 2.45) is 0 Å². The lowest BCUT2D eigenvalue weighted by Crippen LogP contribution is -2.50. The maximum absolute atomic E-state index is 12.6. The molecule has 2 atom stereocenters. The van der Waals surface area contributed by atoms with Crippen LogP contribution in [0.1, 0.15) is 149 Å². The zero-order valence-electron chi connectivity index (χ0n) is 36.1. The van der Waals surface area contributed by atoms with Crippen LogP contribution in [0.15, 0.2) is 85.1 Å². The molecule has 0 aromatic rings. The molecule has 0 aliphatic carbocycles. The van der Waals surface area contributed by atoms with E-state index in [-0.39, 0.29) is 42.7 Å². The number of carboxylic acids is 1. The molecule has 0 spiro atoms. The first-order chi connectivity index (χ1) is 27.1. The van der Waals surface area contributed by atoms with Crippen LogP contribution in [-0.4, -0.2) is 80.6 Å².